The van der Waals surface area contributed by atoms with E-state index >= 15 is 0 Å². The number of fused-ring (bicyclic) bond motifs is 2. The number of pyridine rings is 1. The molecule has 0 atom stereocenters. The second-order valence-electron chi connectivity index (χ2n) is 7.29. The predicted octanol–water partition coefficient (Wildman–Crippen LogP) is 2.78. The number of halogens is 1. The maximum Gasteiger partial charge on any atom is 0.253 e. The van der Waals surface area contributed by atoms with E-state index in [2.05, 4.69) is 21.3 Å². The molecule has 1 aliphatic rings. The Morgan fingerprint density at radius 3 is 2.79 bits per heavy atom. The number of carbonyl (C=O) groups excluding carboxylic acids is 1. The molecule has 1 amide bonds. The molecule has 0 unspecified atom stereocenters. The first kappa shape index (κ1) is 17.2. The number of nitrogens with two attached hydrogens (primary N) is 2. The molecule has 0 saturated heterocycles. The van der Waals surface area contributed by atoms with Crippen LogP contribution in [0.5, 0.6) is 0 Å². The Balaban J connectivity index is 2.03. The highest BCUT2D eigenvalue weighted by atomic mass is 19.1. The minimum absolute atomic E-state index is 0.0370. The second kappa shape index (κ2) is 5.78. The molecule has 0 aliphatic heterocycles. The molecule has 8 nitrogen and oxygen atoms in total. The van der Waals surface area contributed by atoms with Crippen LogP contribution in [0, 0.1) is 24.1 Å². The number of aromatic nitrogens is 4. The molecular weight excluding hydrogens is 373 g/mol. The fourth-order valence-corrected chi connectivity index (χ4v) is 4.00. The topological polar surface area (TPSA) is 139 Å². The number of H-pyrrole nitrogens is 1. The van der Waals surface area contributed by atoms with Gasteiger partial charge in [-0.05, 0) is 25.8 Å². The first-order valence-electron chi connectivity index (χ1n) is 9.09. The summed E-state index contributed by atoms with van der Waals surface area (Å²) in [5.41, 5.74) is 14.6. The SMILES string of the molecule is Cc1c(F)cc2[nH]ncc2c1-n1c(N)c(C(N)=O)c2cnc(C3CC3)c(C#N)c21. The molecule has 9 heteroatoms. The predicted molar refractivity (Wildman–Crippen MR) is 105 cm³/mol. The number of rotatable bonds is 3. The van der Waals surface area contributed by atoms with Gasteiger partial charge >= 0.3 is 0 Å². The van der Waals surface area contributed by atoms with Crippen molar-refractivity contribution < 1.29 is 9.18 Å². The summed E-state index contributed by atoms with van der Waals surface area (Å²) in [7, 11) is 0. The third-order valence-corrected chi connectivity index (χ3v) is 5.53. The van der Waals surface area contributed by atoms with Gasteiger partial charge in [0.25, 0.3) is 5.91 Å². The molecule has 144 valence electrons. The summed E-state index contributed by atoms with van der Waals surface area (Å²) in [4.78, 5) is 16.6. The summed E-state index contributed by atoms with van der Waals surface area (Å²) in [5, 5.41) is 17.7. The summed E-state index contributed by atoms with van der Waals surface area (Å²) >= 11 is 0. The molecule has 29 heavy (non-hydrogen) atoms. The number of nitrogens with zero attached hydrogens (tertiary/aromatic N) is 4. The third kappa shape index (κ3) is 2.26. The molecule has 1 aliphatic carbocycles. The first-order chi connectivity index (χ1) is 13.9. The zero-order valence-corrected chi connectivity index (χ0v) is 15.5. The number of amides is 1. The van der Waals surface area contributed by atoms with E-state index < -0.39 is 11.7 Å². The smallest absolute Gasteiger partial charge is 0.253 e. The van der Waals surface area contributed by atoms with Crippen LogP contribution in [0.4, 0.5) is 10.2 Å². The van der Waals surface area contributed by atoms with E-state index in [1.165, 1.54) is 16.8 Å². The highest BCUT2D eigenvalue weighted by Crippen LogP contribution is 2.44. The van der Waals surface area contributed by atoms with Crippen LogP contribution >= 0.6 is 0 Å². The van der Waals surface area contributed by atoms with Gasteiger partial charge in [-0.3, -0.25) is 19.4 Å². The molecule has 3 heterocycles. The van der Waals surface area contributed by atoms with Gasteiger partial charge in [0, 0.05) is 28.5 Å². The van der Waals surface area contributed by atoms with E-state index in [4.69, 9.17) is 11.5 Å². The molecule has 0 bridgehead atoms. The van der Waals surface area contributed by atoms with Gasteiger partial charge in [-0.1, -0.05) is 0 Å². The standard InChI is InChI=1S/C20H16FN7O/c1-8-13(21)4-14-11(7-26-27-14)17(8)28-18-10(5-22)16(9-2-3-9)25-6-12(18)15(19(28)23)20(24)29/h4,6-7,9H,2-3,23H2,1H3,(H2,24,29)(H,26,27). The van der Waals surface area contributed by atoms with E-state index in [9.17, 15) is 14.4 Å². The maximum absolute atomic E-state index is 14.7. The van der Waals surface area contributed by atoms with Gasteiger partial charge < -0.3 is 11.5 Å². The number of aromatic amines is 1. The van der Waals surface area contributed by atoms with Gasteiger partial charge in [0.15, 0.2) is 0 Å². The van der Waals surface area contributed by atoms with Crippen LogP contribution in [0.25, 0.3) is 27.5 Å². The average molecular weight is 389 g/mol. The van der Waals surface area contributed by atoms with Crippen LogP contribution < -0.4 is 11.5 Å². The highest BCUT2D eigenvalue weighted by Gasteiger charge is 2.32. The molecule has 5 N–H and O–H groups in total. The van der Waals surface area contributed by atoms with Crippen LogP contribution in [-0.2, 0) is 0 Å². The number of nitrogen functional groups attached to an aromatic ring is 1. The van der Waals surface area contributed by atoms with Gasteiger partial charge in [0.05, 0.1) is 39.7 Å². The second-order valence-corrected chi connectivity index (χ2v) is 7.29. The van der Waals surface area contributed by atoms with E-state index in [-0.39, 0.29) is 17.3 Å². The van der Waals surface area contributed by atoms with Crippen molar-refractivity contribution in [3.05, 3.63) is 46.7 Å². The van der Waals surface area contributed by atoms with Gasteiger partial charge in [0.2, 0.25) is 0 Å². The lowest BCUT2D eigenvalue weighted by Crippen LogP contribution is -2.14. The molecule has 1 fully saturated rings. The van der Waals surface area contributed by atoms with Crippen molar-refractivity contribution in [1.82, 2.24) is 19.7 Å². The Bertz CT molecular complexity index is 1390. The van der Waals surface area contributed by atoms with Crippen molar-refractivity contribution in [2.45, 2.75) is 25.7 Å². The fourth-order valence-electron chi connectivity index (χ4n) is 4.00. The lowest BCUT2D eigenvalue weighted by Gasteiger charge is -2.15. The normalized spacial score (nSPS) is 13.8. The minimum atomic E-state index is -0.742. The Hall–Kier alpha value is -3.93. The lowest BCUT2D eigenvalue weighted by atomic mass is 10.1. The quantitative estimate of drug-likeness (QED) is 0.494. The molecule has 5 rings (SSSR count). The van der Waals surface area contributed by atoms with Crippen molar-refractivity contribution in [2.24, 2.45) is 5.73 Å². The Kier molecular flexibility index (Phi) is 3.43. The number of anilines is 1. The number of benzene rings is 1. The molecular formula is C20H16FN7O. The molecule has 1 aromatic carbocycles. The largest absolute Gasteiger partial charge is 0.384 e. The van der Waals surface area contributed by atoms with Crippen LogP contribution in [-0.4, -0.2) is 25.7 Å². The van der Waals surface area contributed by atoms with Gasteiger partial charge in [-0.15, -0.1) is 0 Å². The van der Waals surface area contributed by atoms with Crippen LogP contribution in [0.3, 0.4) is 0 Å². The number of hydrogen-bond donors (Lipinski definition) is 3. The van der Waals surface area contributed by atoms with Crippen LogP contribution in [0.15, 0.2) is 18.5 Å². The monoisotopic (exact) mass is 389 g/mol. The minimum Gasteiger partial charge on any atom is -0.384 e. The van der Waals surface area contributed by atoms with Gasteiger partial charge in [0.1, 0.15) is 17.7 Å². The van der Waals surface area contributed by atoms with Gasteiger partial charge in [-0.25, -0.2) is 4.39 Å². The number of carbonyl (C=O) groups is 1. The summed E-state index contributed by atoms with van der Waals surface area (Å²) < 4.78 is 16.2. The van der Waals surface area contributed by atoms with Crippen LogP contribution in [0.2, 0.25) is 0 Å². The zero-order valence-electron chi connectivity index (χ0n) is 15.5. The summed E-state index contributed by atoms with van der Waals surface area (Å²) in [6.07, 6.45) is 4.97. The number of primary amides is 1. The Morgan fingerprint density at radius 1 is 1.38 bits per heavy atom. The van der Waals surface area contributed by atoms with E-state index in [0.717, 1.165) is 12.8 Å². The fraction of sp³-hybridized carbons (Fsp3) is 0.200. The highest BCUT2D eigenvalue weighted by molar-refractivity contribution is 6.13. The van der Waals surface area contributed by atoms with E-state index in [0.29, 0.717) is 44.3 Å². The third-order valence-electron chi connectivity index (χ3n) is 5.53. The first-order valence-corrected chi connectivity index (χ1v) is 9.09. The number of hydrogen-bond acceptors (Lipinski definition) is 5. The molecule has 0 spiro atoms. The van der Waals surface area contributed by atoms with Crippen molar-refractivity contribution in [3.8, 4) is 11.8 Å². The summed E-state index contributed by atoms with van der Waals surface area (Å²) in [6, 6.07) is 3.56. The summed E-state index contributed by atoms with van der Waals surface area (Å²) in [6.45, 7) is 1.61. The average Bonchev–Trinajstić information content (AvgIpc) is 3.36. The van der Waals surface area contributed by atoms with E-state index in [1.807, 2.05) is 0 Å². The Labute approximate surface area is 163 Å². The zero-order chi connectivity index (χ0) is 20.4. The van der Waals surface area contributed by atoms with E-state index in [1.54, 1.807) is 13.1 Å². The molecule has 4 aromatic rings. The Morgan fingerprint density at radius 2 is 2.14 bits per heavy atom. The molecule has 3 aromatic heterocycles. The van der Waals surface area contributed by atoms with Crippen molar-refractivity contribution >= 4 is 33.5 Å². The lowest BCUT2D eigenvalue weighted by molar-refractivity contribution is 0.100. The van der Waals surface area contributed by atoms with Gasteiger partial charge in [-0.2, -0.15) is 10.4 Å². The van der Waals surface area contributed by atoms with Crippen molar-refractivity contribution in [1.29, 1.82) is 5.26 Å². The van der Waals surface area contributed by atoms with Crippen molar-refractivity contribution in [2.75, 3.05) is 5.73 Å². The molecule has 1 saturated carbocycles. The number of nitriles is 1. The summed E-state index contributed by atoms with van der Waals surface area (Å²) in [5.74, 6) is -0.977. The van der Waals surface area contributed by atoms with Crippen molar-refractivity contribution in [3.63, 3.8) is 0 Å². The molecule has 0 radical (unpaired) electrons. The maximum atomic E-state index is 14.7. The number of nitrogens with one attached hydrogen (secondary N) is 1. The van der Waals surface area contributed by atoms with Crippen LogP contribution in [0.1, 0.15) is 45.9 Å².